The maximum absolute atomic E-state index is 13.1. The maximum atomic E-state index is 13.1. The van der Waals surface area contributed by atoms with Gasteiger partial charge in [0, 0.05) is 25.2 Å². The number of hydrogen-bond acceptors (Lipinski definition) is 3. The van der Waals surface area contributed by atoms with E-state index in [0.717, 1.165) is 43.5 Å². The Kier molecular flexibility index (Phi) is 7.23. The van der Waals surface area contributed by atoms with Crippen LogP contribution < -0.4 is 5.32 Å². The molecule has 0 spiro atoms. The molecule has 28 heavy (non-hydrogen) atoms. The Morgan fingerprint density at radius 1 is 1.21 bits per heavy atom. The lowest BCUT2D eigenvalue weighted by Crippen LogP contribution is -2.45. The zero-order valence-electron chi connectivity index (χ0n) is 16.6. The van der Waals surface area contributed by atoms with Gasteiger partial charge in [-0.3, -0.25) is 14.7 Å². The van der Waals surface area contributed by atoms with Crippen LogP contribution in [0.2, 0.25) is 0 Å². The number of likely N-dealkylation sites (tertiary alicyclic amines) is 1. The second-order valence-electron chi connectivity index (χ2n) is 7.47. The second kappa shape index (κ2) is 10.1. The highest BCUT2D eigenvalue weighted by Crippen LogP contribution is 2.24. The van der Waals surface area contributed by atoms with Gasteiger partial charge in [0.2, 0.25) is 5.91 Å². The normalized spacial score (nSPS) is 16.8. The van der Waals surface area contributed by atoms with E-state index in [1.54, 1.807) is 11.1 Å². The van der Waals surface area contributed by atoms with Gasteiger partial charge >= 0.3 is 0 Å². The predicted molar refractivity (Wildman–Crippen MR) is 110 cm³/mol. The monoisotopic (exact) mass is 382 g/mol. The van der Waals surface area contributed by atoms with Crippen LogP contribution in [-0.2, 0) is 4.79 Å². The number of aromatic nitrogens is 2. The molecule has 6 heteroatoms. The SMILES string of the molecule is CCCCCCNC(=O)C1CCCN(C(=O)c2cn[nH]c2-c2ccccc2)C1. The Hall–Kier alpha value is -2.63. The van der Waals surface area contributed by atoms with Crippen LogP contribution in [0.3, 0.4) is 0 Å². The van der Waals surface area contributed by atoms with E-state index in [-0.39, 0.29) is 17.7 Å². The van der Waals surface area contributed by atoms with Gasteiger partial charge in [0.25, 0.3) is 5.91 Å². The molecule has 2 N–H and O–H groups in total. The Bertz CT molecular complexity index is 772. The van der Waals surface area contributed by atoms with Gasteiger partial charge in [-0.05, 0) is 19.3 Å². The lowest BCUT2D eigenvalue weighted by atomic mass is 9.96. The van der Waals surface area contributed by atoms with Crippen LogP contribution in [0.15, 0.2) is 36.5 Å². The molecular weight excluding hydrogens is 352 g/mol. The number of carbonyl (C=O) groups is 2. The van der Waals surface area contributed by atoms with Gasteiger partial charge in [0.1, 0.15) is 0 Å². The number of carbonyl (C=O) groups excluding carboxylic acids is 2. The largest absolute Gasteiger partial charge is 0.356 e. The lowest BCUT2D eigenvalue weighted by Gasteiger charge is -2.32. The predicted octanol–water partition coefficient (Wildman–Crippen LogP) is 3.63. The van der Waals surface area contributed by atoms with Gasteiger partial charge < -0.3 is 10.2 Å². The van der Waals surface area contributed by atoms with Crippen molar-refractivity contribution >= 4 is 11.8 Å². The summed E-state index contributed by atoms with van der Waals surface area (Å²) < 4.78 is 0. The highest BCUT2D eigenvalue weighted by Gasteiger charge is 2.30. The quantitative estimate of drug-likeness (QED) is 0.685. The van der Waals surface area contributed by atoms with Crippen molar-refractivity contribution in [1.82, 2.24) is 20.4 Å². The van der Waals surface area contributed by atoms with Crippen molar-refractivity contribution < 1.29 is 9.59 Å². The van der Waals surface area contributed by atoms with E-state index in [4.69, 9.17) is 0 Å². The zero-order chi connectivity index (χ0) is 19.8. The number of H-pyrrole nitrogens is 1. The Morgan fingerprint density at radius 3 is 2.82 bits per heavy atom. The summed E-state index contributed by atoms with van der Waals surface area (Å²) in [4.78, 5) is 27.4. The molecule has 1 aliphatic rings. The second-order valence-corrected chi connectivity index (χ2v) is 7.47. The third-order valence-electron chi connectivity index (χ3n) is 5.34. The van der Waals surface area contributed by atoms with Crippen molar-refractivity contribution in [2.24, 2.45) is 5.92 Å². The molecule has 2 aromatic rings. The lowest BCUT2D eigenvalue weighted by molar-refractivity contribution is -0.126. The molecule has 0 aliphatic carbocycles. The summed E-state index contributed by atoms with van der Waals surface area (Å²) in [6.07, 6.45) is 7.82. The van der Waals surface area contributed by atoms with Crippen molar-refractivity contribution in [2.75, 3.05) is 19.6 Å². The molecule has 1 unspecified atom stereocenters. The van der Waals surface area contributed by atoms with E-state index in [0.29, 0.717) is 18.7 Å². The summed E-state index contributed by atoms with van der Waals surface area (Å²) >= 11 is 0. The van der Waals surface area contributed by atoms with Crippen molar-refractivity contribution in [2.45, 2.75) is 45.4 Å². The van der Waals surface area contributed by atoms with E-state index in [1.165, 1.54) is 12.8 Å². The summed E-state index contributed by atoms with van der Waals surface area (Å²) in [5, 5.41) is 10.1. The fraction of sp³-hybridized carbons (Fsp3) is 0.500. The number of amides is 2. The van der Waals surface area contributed by atoms with Crippen LogP contribution >= 0.6 is 0 Å². The molecule has 0 bridgehead atoms. The number of hydrogen-bond donors (Lipinski definition) is 2. The Morgan fingerprint density at radius 2 is 2.04 bits per heavy atom. The number of rotatable bonds is 8. The number of piperidine rings is 1. The summed E-state index contributed by atoms with van der Waals surface area (Å²) in [6.45, 7) is 4.05. The smallest absolute Gasteiger partial charge is 0.257 e. The molecule has 3 rings (SSSR count). The number of unbranched alkanes of at least 4 members (excludes halogenated alkanes) is 3. The van der Waals surface area contributed by atoms with Crippen molar-refractivity contribution in [1.29, 1.82) is 0 Å². The first-order valence-corrected chi connectivity index (χ1v) is 10.4. The van der Waals surface area contributed by atoms with Crippen LogP contribution in [0.4, 0.5) is 0 Å². The number of benzene rings is 1. The van der Waals surface area contributed by atoms with Crippen LogP contribution in [0.1, 0.15) is 55.8 Å². The van der Waals surface area contributed by atoms with Crippen molar-refractivity contribution in [3.8, 4) is 11.3 Å². The van der Waals surface area contributed by atoms with Crippen LogP contribution in [0.5, 0.6) is 0 Å². The topological polar surface area (TPSA) is 78.1 Å². The molecule has 1 aliphatic heterocycles. The van der Waals surface area contributed by atoms with Gasteiger partial charge in [-0.25, -0.2) is 0 Å². The number of nitrogens with one attached hydrogen (secondary N) is 2. The van der Waals surface area contributed by atoms with Crippen molar-refractivity contribution in [3.63, 3.8) is 0 Å². The van der Waals surface area contributed by atoms with Gasteiger partial charge in [0.15, 0.2) is 0 Å². The average Bonchev–Trinajstić information content (AvgIpc) is 3.23. The first-order chi connectivity index (χ1) is 13.7. The molecule has 6 nitrogen and oxygen atoms in total. The van der Waals surface area contributed by atoms with Crippen LogP contribution in [0.25, 0.3) is 11.3 Å². The number of nitrogens with zero attached hydrogens (tertiary/aromatic N) is 2. The molecule has 1 atom stereocenters. The summed E-state index contributed by atoms with van der Waals surface area (Å²) in [5.41, 5.74) is 2.22. The minimum absolute atomic E-state index is 0.0620. The first kappa shape index (κ1) is 20.1. The van der Waals surface area contributed by atoms with E-state index < -0.39 is 0 Å². The van der Waals surface area contributed by atoms with Crippen LogP contribution in [-0.4, -0.2) is 46.5 Å². The maximum Gasteiger partial charge on any atom is 0.257 e. The standard InChI is InChI=1S/C22H30N4O2/c1-2-3-4-8-13-23-21(27)18-12-9-14-26(16-18)22(28)19-15-24-25-20(19)17-10-6-5-7-11-17/h5-7,10-11,15,18H,2-4,8-9,12-14,16H2,1H3,(H,23,27)(H,24,25). The molecule has 150 valence electrons. The highest BCUT2D eigenvalue weighted by molar-refractivity contribution is 6.00. The highest BCUT2D eigenvalue weighted by atomic mass is 16.2. The minimum Gasteiger partial charge on any atom is -0.356 e. The van der Waals surface area contributed by atoms with Gasteiger partial charge in [-0.1, -0.05) is 56.5 Å². The molecule has 0 saturated carbocycles. The molecule has 0 radical (unpaired) electrons. The van der Waals surface area contributed by atoms with Crippen LogP contribution in [0, 0.1) is 5.92 Å². The molecule has 1 fully saturated rings. The molecule has 2 heterocycles. The molecule has 2 amide bonds. The summed E-state index contributed by atoms with van der Waals surface area (Å²) in [7, 11) is 0. The molecule has 1 aromatic heterocycles. The Labute approximate surface area is 166 Å². The third kappa shape index (κ3) is 5.00. The van der Waals surface area contributed by atoms with Gasteiger partial charge in [-0.2, -0.15) is 5.10 Å². The van der Waals surface area contributed by atoms with E-state index in [9.17, 15) is 9.59 Å². The van der Waals surface area contributed by atoms with E-state index in [2.05, 4.69) is 22.4 Å². The fourth-order valence-electron chi connectivity index (χ4n) is 3.73. The fourth-order valence-corrected chi connectivity index (χ4v) is 3.73. The van der Waals surface area contributed by atoms with Crippen molar-refractivity contribution in [3.05, 3.63) is 42.1 Å². The molecule has 1 aromatic carbocycles. The van der Waals surface area contributed by atoms with Gasteiger partial charge in [-0.15, -0.1) is 0 Å². The van der Waals surface area contributed by atoms with E-state index >= 15 is 0 Å². The minimum atomic E-state index is -0.129. The van der Waals surface area contributed by atoms with E-state index in [1.807, 2.05) is 30.3 Å². The summed E-state index contributed by atoms with van der Waals surface area (Å²) in [5.74, 6) is -0.117. The Balaban J connectivity index is 1.59. The zero-order valence-corrected chi connectivity index (χ0v) is 16.6. The molecular formula is C22H30N4O2. The third-order valence-corrected chi connectivity index (χ3v) is 5.34. The first-order valence-electron chi connectivity index (χ1n) is 10.4. The van der Waals surface area contributed by atoms with Gasteiger partial charge in [0.05, 0.1) is 23.4 Å². The molecule has 1 saturated heterocycles. The average molecular weight is 383 g/mol. The summed E-state index contributed by atoms with van der Waals surface area (Å²) in [6, 6.07) is 9.72. The number of aromatic amines is 1.